The Balaban J connectivity index is 2.52. The van der Waals surface area contributed by atoms with E-state index in [0.29, 0.717) is 6.04 Å². The zero-order valence-corrected chi connectivity index (χ0v) is 13.4. The Kier molecular flexibility index (Phi) is 6.33. The van der Waals surface area contributed by atoms with Gasteiger partial charge >= 0.3 is 0 Å². The van der Waals surface area contributed by atoms with Crippen LogP contribution in [0.25, 0.3) is 0 Å². The van der Waals surface area contributed by atoms with Gasteiger partial charge in [-0.2, -0.15) is 0 Å². The third-order valence-electron chi connectivity index (χ3n) is 3.43. The Morgan fingerprint density at radius 2 is 2.11 bits per heavy atom. The Bertz CT molecular complexity index is 365. The number of rotatable bonds is 7. The summed E-state index contributed by atoms with van der Waals surface area (Å²) in [5.74, 6) is 0. The van der Waals surface area contributed by atoms with E-state index in [1.54, 1.807) is 7.11 Å². The van der Waals surface area contributed by atoms with Crippen molar-refractivity contribution in [2.75, 3.05) is 14.2 Å². The molecule has 0 spiro atoms. The van der Waals surface area contributed by atoms with E-state index in [-0.39, 0.29) is 5.60 Å². The molecule has 18 heavy (non-hydrogen) atoms. The van der Waals surface area contributed by atoms with Gasteiger partial charge in [-0.15, -0.1) is 0 Å². The van der Waals surface area contributed by atoms with Gasteiger partial charge in [0.05, 0.1) is 5.60 Å². The van der Waals surface area contributed by atoms with Crippen molar-refractivity contribution in [2.24, 2.45) is 0 Å². The molecule has 3 heteroatoms. The van der Waals surface area contributed by atoms with Crippen LogP contribution in [0.5, 0.6) is 0 Å². The van der Waals surface area contributed by atoms with Crippen molar-refractivity contribution in [1.82, 2.24) is 5.32 Å². The summed E-state index contributed by atoms with van der Waals surface area (Å²) >= 11 is 3.52. The van der Waals surface area contributed by atoms with Crippen LogP contribution in [0.1, 0.15) is 32.3 Å². The first-order valence-electron chi connectivity index (χ1n) is 6.44. The smallest absolute Gasteiger partial charge is 0.0623 e. The Morgan fingerprint density at radius 1 is 1.39 bits per heavy atom. The van der Waals surface area contributed by atoms with Gasteiger partial charge in [0.1, 0.15) is 0 Å². The lowest BCUT2D eigenvalue weighted by atomic mass is 9.95. The Morgan fingerprint density at radius 3 is 2.67 bits per heavy atom. The van der Waals surface area contributed by atoms with Crippen molar-refractivity contribution in [2.45, 2.75) is 44.8 Å². The summed E-state index contributed by atoms with van der Waals surface area (Å²) in [6, 6.07) is 9.01. The van der Waals surface area contributed by atoms with E-state index >= 15 is 0 Å². The first-order chi connectivity index (χ1) is 8.46. The van der Waals surface area contributed by atoms with Crippen molar-refractivity contribution < 1.29 is 4.74 Å². The van der Waals surface area contributed by atoms with Gasteiger partial charge < -0.3 is 10.1 Å². The molecule has 1 aromatic rings. The highest BCUT2D eigenvalue weighted by molar-refractivity contribution is 9.10. The maximum absolute atomic E-state index is 5.47. The fraction of sp³-hybridized carbons (Fsp3) is 0.600. The van der Waals surface area contributed by atoms with Gasteiger partial charge in [0, 0.05) is 17.6 Å². The highest BCUT2D eigenvalue weighted by Crippen LogP contribution is 2.19. The average molecular weight is 314 g/mol. The fourth-order valence-electron chi connectivity index (χ4n) is 1.92. The Hall–Kier alpha value is -0.380. The molecule has 2 nitrogen and oxygen atoms in total. The van der Waals surface area contributed by atoms with Crippen LogP contribution in [0.4, 0.5) is 0 Å². The highest BCUT2D eigenvalue weighted by atomic mass is 79.9. The van der Waals surface area contributed by atoms with Gasteiger partial charge in [-0.25, -0.2) is 0 Å². The molecule has 0 amide bonds. The van der Waals surface area contributed by atoms with Crippen molar-refractivity contribution in [3.63, 3.8) is 0 Å². The lowest BCUT2D eigenvalue weighted by Gasteiger charge is -2.26. The molecule has 0 radical (unpaired) electrons. The number of halogens is 1. The van der Waals surface area contributed by atoms with E-state index in [0.717, 1.165) is 23.7 Å². The zero-order valence-electron chi connectivity index (χ0n) is 11.8. The van der Waals surface area contributed by atoms with Crippen LogP contribution in [0.15, 0.2) is 28.7 Å². The number of ether oxygens (including phenoxy) is 1. The molecule has 0 bridgehead atoms. The molecule has 1 rings (SSSR count). The van der Waals surface area contributed by atoms with E-state index in [2.05, 4.69) is 59.4 Å². The lowest BCUT2D eigenvalue weighted by molar-refractivity contribution is 0.0119. The number of benzene rings is 1. The van der Waals surface area contributed by atoms with Crippen LogP contribution in [0.3, 0.4) is 0 Å². The van der Waals surface area contributed by atoms with E-state index in [1.165, 1.54) is 5.56 Å². The molecule has 1 unspecified atom stereocenters. The second kappa shape index (κ2) is 7.27. The van der Waals surface area contributed by atoms with Crippen LogP contribution in [0, 0.1) is 0 Å². The quantitative estimate of drug-likeness (QED) is 0.827. The van der Waals surface area contributed by atoms with Gasteiger partial charge in [-0.3, -0.25) is 0 Å². The fourth-order valence-corrected chi connectivity index (χ4v) is 2.37. The predicted molar refractivity (Wildman–Crippen MR) is 81.0 cm³/mol. The number of nitrogens with one attached hydrogen (secondary N) is 1. The second-order valence-electron chi connectivity index (χ2n) is 5.32. The largest absolute Gasteiger partial charge is 0.379 e. The van der Waals surface area contributed by atoms with Gasteiger partial charge in [0.2, 0.25) is 0 Å². The number of methoxy groups -OCH3 is 1. The maximum atomic E-state index is 5.47. The number of likely N-dealkylation sites (N-methyl/N-ethyl adjacent to an activating group) is 1. The van der Waals surface area contributed by atoms with Crippen molar-refractivity contribution in [3.8, 4) is 0 Å². The van der Waals surface area contributed by atoms with Crippen molar-refractivity contribution >= 4 is 15.9 Å². The molecule has 0 aliphatic carbocycles. The molecular formula is C15H24BrNO. The van der Waals surface area contributed by atoms with Crippen LogP contribution in [0.2, 0.25) is 0 Å². The van der Waals surface area contributed by atoms with Crippen LogP contribution in [-0.4, -0.2) is 25.8 Å². The second-order valence-corrected chi connectivity index (χ2v) is 6.24. The maximum Gasteiger partial charge on any atom is 0.0623 e. The van der Waals surface area contributed by atoms with E-state index in [1.807, 2.05) is 7.05 Å². The molecule has 102 valence electrons. The summed E-state index contributed by atoms with van der Waals surface area (Å²) in [5, 5.41) is 3.40. The summed E-state index contributed by atoms with van der Waals surface area (Å²) in [5.41, 5.74) is 1.32. The van der Waals surface area contributed by atoms with Crippen molar-refractivity contribution in [1.29, 1.82) is 0 Å². The van der Waals surface area contributed by atoms with Gasteiger partial charge in [0.25, 0.3) is 0 Å². The summed E-state index contributed by atoms with van der Waals surface area (Å²) in [7, 11) is 3.81. The molecule has 0 heterocycles. The third kappa shape index (κ3) is 5.51. The zero-order chi connectivity index (χ0) is 13.6. The summed E-state index contributed by atoms with van der Waals surface area (Å²) < 4.78 is 6.61. The van der Waals surface area contributed by atoms with Crippen LogP contribution < -0.4 is 5.32 Å². The topological polar surface area (TPSA) is 21.3 Å². The minimum absolute atomic E-state index is 0.0353. The number of hydrogen-bond acceptors (Lipinski definition) is 2. The minimum atomic E-state index is -0.0353. The minimum Gasteiger partial charge on any atom is -0.379 e. The van der Waals surface area contributed by atoms with Gasteiger partial charge in [-0.1, -0.05) is 28.1 Å². The SMILES string of the molecule is CNC(CCC(C)(C)OC)Cc1cccc(Br)c1. The van der Waals surface area contributed by atoms with Gasteiger partial charge in [-0.05, 0) is 57.9 Å². The molecule has 1 N–H and O–H groups in total. The molecule has 1 atom stereocenters. The third-order valence-corrected chi connectivity index (χ3v) is 3.92. The van der Waals surface area contributed by atoms with E-state index < -0.39 is 0 Å². The standard InChI is InChI=1S/C15H24BrNO/c1-15(2,18-4)9-8-14(17-3)11-12-6-5-7-13(16)10-12/h5-7,10,14,17H,8-9,11H2,1-4H3. The lowest BCUT2D eigenvalue weighted by Crippen LogP contribution is -2.31. The summed E-state index contributed by atoms with van der Waals surface area (Å²) in [6.45, 7) is 4.28. The average Bonchev–Trinajstić information content (AvgIpc) is 2.34. The van der Waals surface area contributed by atoms with Crippen LogP contribution in [-0.2, 0) is 11.2 Å². The summed E-state index contributed by atoms with van der Waals surface area (Å²) in [4.78, 5) is 0. The number of hydrogen-bond donors (Lipinski definition) is 1. The van der Waals surface area contributed by atoms with E-state index in [9.17, 15) is 0 Å². The first-order valence-corrected chi connectivity index (χ1v) is 7.23. The highest BCUT2D eigenvalue weighted by Gasteiger charge is 2.18. The molecule has 0 saturated heterocycles. The molecule has 0 saturated carbocycles. The first kappa shape index (κ1) is 15.7. The predicted octanol–water partition coefficient (Wildman–Crippen LogP) is 3.78. The Labute approximate surface area is 119 Å². The summed E-state index contributed by atoms with van der Waals surface area (Å²) in [6.07, 6.45) is 3.22. The monoisotopic (exact) mass is 313 g/mol. The molecule has 0 aliphatic heterocycles. The van der Waals surface area contributed by atoms with Crippen molar-refractivity contribution in [3.05, 3.63) is 34.3 Å². The normalized spacial score (nSPS) is 13.6. The van der Waals surface area contributed by atoms with Crippen LogP contribution >= 0.6 is 15.9 Å². The molecule has 0 aromatic heterocycles. The molecule has 0 fully saturated rings. The van der Waals surface area contributed by atoms with Gasteiger partial charge in [0.15, 0.2) is 0 Å². The van der Waals surface area contributed by atoms with E-state index in [4.69, 9.17) is 4.74 Å². The molecule has 0 aliphatic rings. The molecule has 1 aromatic carbocycles. The molecular weight excluding hydrogens is 290 g/mol.